The second-order valence-electron chi connectivity index (χ2n) is 5.82. The summed E-state index contributed by atoms with van der Waals surface area (Å²) in [5.41, 5.74) is 1.94. The molecule has 0 N–H and O–H groups in total. The minimum absolute atomic E-state index is 0.683. The van der Waals surface area contributed by atoms with E-state index in [1.807, 2.05) is 0 Å². The summed E-state index contributed by atoms with van der Waals surface area (Å²) in [7, 11) is -0.999. The Labute approximate surface area is 113 Å². The van der Waals surface area contributed by atoms with E-state index in [4.69, 9.17) is 16.0 Å². The molecule has 0 spiro atoms. The molecule has 2 rings (SSSR count). The van der Waals surface area contributed by atoms with Crippen LogP contribution in [0.1, 0.15) is 64.2 Å². The van der Waals surface area contributed by atoms with Crippen LogP contribution in [-0.2, 0) is 4.43 Å². The van der Waals surface area contributed by atoms with Gasteiger partial charge in [-0.25, -0.2) is 0 Å². The molecular formula is C14H27ClOSi. The molecule has 17 heavy (non-hydrogen) atoms. The van der Waals surface area contributed by atoms with Crippen molar-refractivity contribution in [1.29, 1.82) is 0 Å². The van der Waals surface area contributed by atoms with Gasteiger partial charge in [0.15, 0.2) is 9.04 Å². The van der Waals surface area contributed by atoms with Gasteiger partial charge in [0.2, 0.25) is 0 Å². The molecule has 3 heteroatoms. The Balaban J connectivity index is 1.90. The second kappa shape index (κ2) is 7.80. The summed E-state index contributed by atoms with van der Waals surface area (Å²) in [6.45, 7) is 0.811. The van der Waals surface area contributed by atoms with Gasteiger partial charge in [-0.05, 0) is 11.1 Å². The van der Waals surface area contributed by atoms with Crippen LogP contribution in [0, 0.1) is 0 Å². The number of rotatable bonds is 5. The lowest BCUT2D eigenvalue weighted by Gasteiger charge is -2.36. The fraction of sp³-hybridized carbons (Fsp3) is 1.00. The summed E-state index contributed by atoms with van der Waals surface area (Å²) in [6.07, 6.45) is 14.5. The smallest absolute Gasteiger partial charge is 0.183 e. The standard InChI is InChI=1S/C14H27ClOSi/c15-11-12-16-17(13-7-3-1-4-8-13)14-9-5-2-6-10-14/h13-14,17H,1-12H2. The Bertz CT molecular complexity index is 182. The van der Waals surface area contributed by atoms with Crippen LogP contribution in [0.5, 0.6) is 0 Å². The predicted octanol–water partition coefficient (Wildman–Crippen LogP) is 4.63. The van der Waals surface area contributed by atoms with Crippen LogP contribution in [0.15, 0.2) is 0 Å². The zero-order valence-electron chi connectivity index (χ0n) is 11.0. The van der Waals surface area contributed by atoms with E-state index in [2.05, 4.69) is 0 Å². The molecule has 1 nitrogen and oxygen atoms in total. The van der Waals surface area contributed by atoms with Crippen LogP contribution in [0.25, 0.3) is 0 Å². The summed E-state index contributed by atoms with van der Waals surface area (Å²) in [4.78, 5) is 0. The first-order valence-electron chi connectivity index (χ1n) is 7.59. The molecule has 0 radical (unpaired) electrons. The molecule has 0 aromatic rings. The molecule has 2 fully saturated rings. The largest absolute Gasteiger partial charge is 0.418 e. The first-order chi connectivity index (χ1) is 8.42. The molecular weight excluding hydrogens is 248 g/mol. The minimum Gasteiger partial charge on any atom is -0.418 e. The maximum Gasteiger partial charge on any atom is 0.183 e. The molecule has 2 saturated carbocycles. The van der Waals surface area contributed by atoms with E-state index in [1.54, 1.807) is 0 Å². The highest BCUT2D eigenvalue weighted by Crippen LogP contribution is 2.41. The molecule has 0 heterocycles. The number of hydrogen-bond acceptors (Lipinski definition) is 1. The average molecular weight is 275 g/mol. The Morgan fingerprint density at radius 1 is 0.824 bits per heavy atom. The van der Waals surface area contributed by atoms with Gasteiger partial charge < -0.3 is 4.43 Å². The van der Waals surface area contributed by atoms with Gasteiger partial charge in [-0.1, -0.05) is 64.2 Å². The quantitative estimate of drug-likeness (QED) is 0.524. The van der Waals surface area contributed by atoms with E-state index < -0.39 is 9.04 Å². The highest BCUT2D eigenvalue weighted by Gasteiger charge is 2.33. The van der Waals surface area contributed by atoms with Crippen LogP contribution < -0.4 is 0 Å². The van der Waals surface area contributed by atoms with Gasteiger partial charge in [0.1, 0.15) is 0 Å². The number of halogens is 1. The van der Waals surface area contributed by atoms with Gasteiger partial charge >= 0.3 is 0 Å². The van der Waals surface area contributed by atoms with Crippen molar-refractivity contribution >= 4 is 20.6 Å². The third-order valence-electron chi connectivity index (χ3n) is 4.62. The number of alkyl halides is 1. The van der Waals surface area contributed by atoms with E-state index in [0.717, 1.165) is 17.7 Å². The molecule has 0 saturated heterocycles. The Hall–Kier alpha value is 0.467. The van der Waals surface area contributed by atoms with Gasteiger partial charge in [-0.3, -0.25) is 0 Å². The van der Waals surface area contributed by atoms with Crippen LogP contribution in [0.3, 0.4) is 0 Å². The summed E-state index contributed by atoms with van der Waals surface area (Å²) in [5, 5.41) is 0. The van der Waals surface area contributed by atoms with E-state index in [9.17, 15) is 0 Å². The minimum atomic E-state index is -0.999. The lowest BCUT2D eigenvalue weighted by Crippen LogP contribution is -2.33. The van der Waals surface area contributed by atoms with Crippen molar-refractivity contribution in [2.24, 2.45) is 0 Å². The van der Waals surface area contributed by atoms with Crippen molar-refractivity contribution < 1.29 is 4.43 Å². The Morgan fingerprint density at radius 2 is 1.29 bits per heavy atom. The van der Waals surface area contributed by atoms with Gasteiger partial charge in [0, 0.05) is 12.5 Å². The zero-order valence-corrected chi connectivity index (χ0v) is 12.9. The molecule has 0 unspecified atom stereocenters. The topological polar surface area (TPSA) is 9.23 Å². The van der Waals surface area contributed by atoms with Gasteiger partial charge in [-0.2, -0.15) is 0 Å². The molecule has 100 valence electrons. The van der Waals surface area contributed by atoms with Crippen molar-refractivity contribution in [3.8, 4) is 0 Å². The van der Waals surface area contributed by atoms with Crippen LogP contribution in [-0.4, -0.2) is 21.5 Å². The van der Waals surface area contributed by atoms with Crippen LogP contribution in [0.2, 0.25) is 11.1 Å². The normalized spacial score (nSPS) is 24.4. The van der Waals surface area contributed by atoms with Gasteiger partial charge in [0.25, 0.3) is 0 Å². The summed E-state index contributed by atoms with van der Waals surface area (Å²) < 4.78 is 6.28. The predicted molar refractivity (Wildman–Crippen MR) is 77.5 cm³/mol. The van der Waals surface area contributed by atoms with Crippen LogP contribution >= 0.6 is 11.6 Å². The zero-order chi connectivity index (χ0) is 11.9. The molecule has 2 aliphatic rings. The molecule has 0 atom stereocenters. The van der Waals surface area contributed by atoms with Crippen molar-refractivity contribution in [3.63, 3.8) is 0 Å². The van der Waals surface area contributed by atoms with E-state index in [-0.39, 0.29) is 0 Å². The Kier molecular flexibility index (Phi) is 6.38. The average Bonchev–Trinajstić information content (AvgIpc) is 2.42. The van der Waals surface area contributed by atoms with E-state index in [1.165, 1.54) is 64.2 Å². The van der Waals surface area contributed by atoms with Crippen LogP contribution in [0.4, 0.5) is 0 Å². The molecule has 0 aromatic carbocycles. The molecule has 0 aliphatic heterocycles. The lowest BCUT2D eigenvalue weighted by atomic mass is 9.99. The van der Waals surface area contributed by atoms with E-state index in [0.29, 0.717) is 5.88 Å². The third kappa shape index (κ3) is 4.25. The third-order valence-corrected chi connectivity index (χ3v) is 8.58. The maximum absolute atomic E-state index is 6.28. The SMILES string of the molecule is ClCCO[SiH](C1CCCCC1)C1CCCCC1. The summed E-state index contributed by atoms with van der Waals surface area (Å²) >= 11 is 5.82. The maximum atomic E-state index is 6.28. The summed E-state index contributed by atoms with van der Waals surface area (Å²) in [5.74, 6) is 0.683. The highest BCUT2D eigenvalue weighted by atomic mass is 35.5. The molecule has 0 aromatic heterocycles. The highest BCUT2D eigenvalue weighted by molar-refractivity contribution is 6.55. The first-order valence-corrected chi connectivity index (χ1v) is 9.93. The van der Waals surface area contributed by atoms with Gasteiger partial charge in [0.05, 0.1) is 0 Å². The monoisotopic (exact) mass is 274 g/mol. The van der Waals surface area contributed by atoms with E-state index >= 15 is 0 Å². The molecule has 2 aliphatic carbocycles. The van der Waals surface area contributed by atoms with Crippen molar-refractivity contribution in [2.75, 3.05) is 12.5 Å². The molecule has 0 bridgehead atoms. The molecule has 0 amide bonds. The van der Waals surface area contributed by atoms with Crippen molar-refractivity contribution in [1.82, 2.24) is 0 Å². The van der Waals surface area contributed by atoms with Crippen molar-refractivity contribution in [3.05, 3.63) is 0 Å². The fourth-order valence-corrected chi connectivity index (χ4v) is 7.96. The van der Waals surface area contributed by atoms with Gasteiger partial charge in [-0.15, -0.1) is 11.6 Å². The fourth-order valence-electron chi connectivity index (χ4n) is 3.76. The summed E-state index contributed by atoms with van der Waals surface area (Å²) in [6, 6.07) is 0. The first kappa shape index (κ1) is 13.9. The number of hydrogen-bond donors (Lipinski definition) is 0. The Morgan fingerprint density at radius 3 is 1.71 bits per heavy atom. The second-order valence-corrected chi connectivity index (χ2v) is 9.35. The van der Waals surface area contributed by atoms with Crippen molar-refractivity contribution in [2.45, 2.75) is 75.3 Å². The lowest BCUT2D eigenvalue weighted by molar-refractivity contribution is 0.300.